The maximum atomic E-state index is 12.6. The molecule has 142 valence electrons. The number of hydrogen-bond acceptors (Lipinski definition) is 5. The van der Waals surface area contributed by atoms with E-state index >= 15 is 0 Å². The Balaban J connectivity index is 1.87. The van der Waals surface area contributed by atoms with Crippen LogP contribution in [0.25, 0.3) is 0 Å². The molecule has 0 saturated heterocycles. The van der Waals surface area contributed by atoms with Crippen LogP contribution in [-0.2, 0) is 6.42 Å². The van der Waals surface area contributed by atoms with Crippen LogP contribution < -0.4 is 10.1 Å². The summed E-state index contributed by atoms with van der Waals surface area (Å²) in [6, 6.07) is 10.0. The maximum Gasteiger partial charge on any atom is 0.176 e. The van der Waals surface area contributed by atoms with Crippen molar-refractivity contribution >= 4 is 17.1 Å². The van der Waals surface area contributed by atoms with E-state index in [9.17, 15) is 9.90 Å². The fraction of sp³-hybridized carbons (Fsp3) is 0.476. The Morgan fingerprint density at radius 1 is 1.23 bits per heavy atom. The van der Waals surface area contributed by atoms with Gasteiger partial charge in [-0.25, -0.2) is 0 Å². The number of carbonyl (C=O) groups is 1. The number of ether oxygens (including phenoxy) is 1. The number of aliphatic hydroxyl groups excluding tert-OH is 1. The molecule has 0 aliphatic carbocycles. The zero-order valence-corrected chi connectivity index (χ0v) is 16.6. The average molecular weight is 376 g/mol. The summed E-state index contributed by atoms with van der Waals surface area (Å²) >= 11 is 1.42. The third-order valence-electron chi connectivity index (χ3n) is 4.01. The standard InChI is InChI=1S/C21H29NO3S/c1-15(2)11-22-12-18(23)13-25-20-16(3)14-26-21(20)19(24)10-9-17-7-5-4-6-8-17/h4-8,14-15,18,22-23H,9-13H2,1-3H3/t18-/m0/s1. The molecular formula is C21H29NO3S. The highest BCUT2D eigenvalue weighted by atomic mass is 32.1. The lowest BCUT2D eigenvalue weighted by molar-refractivity contribution is 0.0954. The highest BCUT2D eigenvalue weighted by Gasteiger charge is 2.18. The number of nitrogens with one attached hydrogen (secondary N) is 1. The zero-order valence-electron chi connectivity index (χ0n) is 15.8. The summed E-state index contributed by atoms with van der Waals surface area (Å²) in [7, 11) is 0. The van der Waals surface area contributed by atoms with Gasteiger partial charge in [-0.3, -0.25) is 4.79 Å². The predicted molar refractivity (Wildman–Crippen MR) is 107 cm³/mol. The fourth-order valence-electron chi connectivity index (χ4n) is 2.60. The summed E-state index contributed by atoms with van der Waals surface area (Å²) < 4.78 is 5.80. The topological polar surface area (TPSA) is 58.6 Å². The third kappa shape index (κ3) is 6.56. The van der Waals surface area contributed by atoms with Gasteiger partial charge in [-0.15, -0.1) is 11.3 Å². The van der Waals surface area contributed by atoms with Crippen LogP contribution in [0.4, 0.5) is 0 Å². The van der Waals surface area contributed by atoms with Crippen molar-refractivity contribution < 1.29 is 14.6 Å². The summed E-state index contributed by atoms with van der Waals surface area (Å²) in [5.74, 6) is 1.25. The number of aryl methyl sites for hydroxylation is 2. The summed E-state index contributed by atoms with van der Waals surface area (Å²) in [6.07, 6.45) is 0.580. The molecule has 0 unspecified atom stereocenters. The van der Waals surface area contributed by atoms with Gasteiger partial charge in [0.05, 0.1) is 0 Å². The third-order valence-corrected chi connectivity index (χ3v) is 5.13. The van der Waals surface area contributed by atoms with Crippen LogP contribution in [0.5, 0.6) is 5.75 Å². The second kappa shape index (κ2) is 10.5. The van der Waals surface area contributed by atoms with Gasteiger partial charge in [0.15, 0.2) is 5.78 Å². The van der Waals surface area contributed by atoms with Crippen LogP contribution in [0, 0.1) is 12.8 Å². The van der Waals surface area contributed by atoms with Crippen molar-refractivity contribution in [3.63, 3.8) is 0 Å². The molecule has 5 heteroatoms. The number of rotatable bonds is 11. The Hall–Kier alpha value is -1.69. The number of benzene rings is 1. The highest BCUT2D eigenvalue weighted by Crippen LogP contribution is 2.31. The molecule has 0 radical (unpaired) electrons. The van der Waals surface area contributed by atoms with E-state index in [1.54, 1.807) is 0 Å². The van der Waals surface area contributed by atoms with Crippen molar-refractivity contribution in [2.75, 3.05) is 19.7 Å². The number of carbonyl (C=O) groups excluding carboxylic acids is 1. The van der Waals surface area contributed by atoms with Gasteiger partial charge >= 0.3 is 0 Å². The molecule has 0 aliphatic rings. The Labute approximate surface area is 160 Å². The van der Waals surface area contributed by atoms with Crippen molar-refractivity contribution in [3.05, 3.63) is 51.7 Å². The Morgan fingerprint density at radius 2 is 1.96 bits per heavy atom. The highest BCUT2D eigenvalue weighted by molar-refractivity contribution is 7.12. The van der Waals surface area contributed by atoms with Crippen molar-refractivity contribution in [2.45, 2.75) is 39.7 Å². The molecular weight excluding hydrogens is 346 g/mol. The van der Waals surface area contributed by atoms with E-state index in [1.807, 2.05) is 42.6 Å². The summed E-state index contributed by atoms with van der Waals surface area (Å²) in [5, 5.41) is 15.2. The van der Waals surface area contributed by atoms with E-state index in [1.165, 1.54) is 11.3 Å². The predicted octanol–water partition coefficient (Wildman–Crippen LogP) is 3.86. The maximum absolute atomic E-state index is 12.6. The molecule has 2 N–H and O–H groups in total. The molecule has 4 nitrogen and oxygen atoms in total. The normalized spacial score (nSPS) is 12.3. The first-order valence-corrected chi connectivity index (χ1v) is 10.0. The molecule has 1 atom stereocenters. The minimum absolute atomic E-state index is 0.0920. The number of Topliss-reactive ketones (excluding diaryl/α,β-unsaturated/α-hetero) is 1. The van der Waals surface area contributed by atoms with E-state index in [0.717, 1.165) is 24.1 Å². The molecule has 2 rings (SSSR count). The molecule has 0 aliphatic heterocycles. The lowest BCUT2D eigenvalue weighted by atomic mass is 10.1. The molecule has 1 aromatic heterocycles. The Bertz CT molecular complexity index is 682. The van der Waals surface area contributed by atoms with Crippen LogP contribution in [0.3, 0.4) is 0 Å². The smallest absolute Gasteiger partial charge is 0.176 e. The Morgan fingerprint density at radius 3 is 2.65 bits per heavy atom. The van der Waals surface area contributed by atoms with Crippen LogP contribution >= 0.6 is 11.3 Å². The zero-order chi connectivity index (χ0) is 18.9. The largest absolute Gasteiger partial charge is 0.489 e. The average Bonchev–Trinajstić information content (AvgIpc) is 2.99. The second-order valence-corrected chi connectivity index (χ2v) is 7.88. The van der Waals surface area contributed by atoms with Gasteiger partial charge < -0.3 is 15.2 Å². The van der Waals surface area contributed by atoms with Gasteiger partial charge in [0.25, 0.3) is 0 Å². The van der Waals surface area contributed by atoms with E-state index < -0.39 is 6.10 Å². The molecule has 0 amide bonds. The second-order valence-electron chi connectivity index (χ2n) is 7.00. The lowest BCUT2D eigenvalue weighted by Gasteiger charge is -2.15. The quantitative estimate of drug-likeness (QED) is 0.586. The van der Waals surface area contributed by atoms with Crippen molar-refractivity contribution in [1.29, 1.82) is 0 Å². The SMILES string of the molecule is Cc1csc(C(=O)CCc2ccccc2)c1OC[C@@H](O)CNCC(C)C. The van der Waals surface area contributed by atoms with Gasteiger partial charge in [0, 0.05) is 18.5 Å². The minimum atomic E-state index is -0.597. The van der Waals surface area contributed by atoms with Crippen LogP contribution in [0.15, 0.2) is 35.7 Å². The molecule has 1 heterocycles. The van der Waals surface area contributed by atoms with Gasteiger partial charge in [0.2, 0.25) is 0 Å². The molecule has 0 bridgehead atoms. The van der Waals surface area contributed by atoms with Crippen LogP contribution in [-0.4, -0.2) is 36.7 Å². The Kier molecular flexibility index (Phi) is 8.29. The molecule has 0 saturated carbocycles. The number of thiophene rings is 1. The summed E-state index contributed by atoms with van der Waals surface area (Å²) in [6.45, 7) is 7.71. The molecule has 2 aromatic rings. The van der Waals surface area contributed by atoms with Crippen molar-refractivity contribution in [3.8, 4) is 5.75 Å². The van der Waals surface area contributed by atoms with Gasteiger partial charge in [-0.2, -0.15) is 0 Å². The van der Waals surface area contributed by atoms with Gasteiger partial charge in [-0.1, -0.05) is 44.2 Å². The summed E-state index contributed by atoms with van der Waals surface area (Å²) in [4.78, 5) is 13.3. The van der Waals surface area contributed by atoms with Gasteiger partial charge in [-0.05, 0) is 36.8 Å². The first-order valence-electron chi connectivity index (χ1n) is 9.14. The molecule has 1 aromatic carbocycles. The van der Waals surface area contributed by atoms with Gasteiger partial charge in [0.1, 0.15) is 23.3 Å². The first kappa shape index (κ1) is 20.6. The van der Waals surface area contributed by atoms with Crippen molar-refractivity contribution in [2.24, 2.45) is 5.92 Å². The fourth-order valence-corrected chi connectivity index (χ4v) is 3.56. The molecule has 0 spiro atoms. The lowest BCUT2D eigenvalue weighted by Crippen LogP contribution is -2.33. The van der Waals surface area contributed by atoms with Crippen LogP contribution in [0.2, 0.25) is 0 Å². The van der Waals surface area contributed by atoms with Crippen LogP contribution in [0.1, 0.15) is 41.1 Å². The van der Waals surface area contributed by atoms with Crippen molar-refractivity contribution in [1.82, 2.24) is 5.32 Å². The number of hydrogen-bond donors (Lipinski definition) is 2. The summed E-state index contributed by atoms with van der Waals surface area (Å²) in [5.41, 5.74) is 2.10. The van der Waals surface area contributed by atoms with E-state index in [0.29, 0.717) is 29.5 Å². The molecule has 0 fully saturated rings. The number of ketones is 1. The minimum Gasteiger partial charge on any atom is -0.489 e. The monoisotopic (exact) mass is 375 g/mol. The van der Waals surface area contributed by atoms with E-state index in [-0.39, 0.29) is 12.4 Å². The molecule has 26 heavy (non-hydrogen) atoms. The first-order chi connectivity index (χ1) is 12.5. The van der Waals surface area contributed by atoms with E-state index in [4.69, 9.17) is 4.74 Å². The van der Waals surface area contributed by atoms with E-state index in [2.05, 4.69) is 19.2 Å². The number of aliphatic hydroxyl groups is 1.